The maximum atomic E-state index is 14.7. The summed E-state index contributed by atoms with van der Waals surface area (Å²) in [6.45, 7) is 1.30. The van der Waals surface area contributed by atoms with Crippen molar-refractivity contribution < 1.29 is 65.9 Å². The number of rotatable bonds is 38. The van der Waals surface area contributed by atoms with Gasteiger partial charge in [0.1, 0.15) is 13.2 Å². The molecule has 0 atom stereocenters. The van der Waals surface area contributed by atoms with E-state index in [9.17, 15) is 32.0 Å². The van der Waals surface area contributed by atoms with Crippen molar-refractivity contribution in [3.05, 3.63) is 42.0 Å². The molecule has 1 amide bonds. The van der Waals surface area contributed by atoms with Crippen LogP contribution in [0.1, 0.15) is 113 Å². The molecule has 0 radical (unpaired) electrons. The number of ether oxygens (including phenoxy) is 5. The number of aromatic nitrogens is 2. The van der Waals surface area contributed by atoms with E-state index in [0.717, 1.165) is 69.8 Å². The molecule has 1 aromatic carbocycles. The molecule has 0 saturated heterocycles. The lowest BCUT2D eigenvalue weighted by Crippen LogP contribution is -2.28. The molecule has 0 aliphatic heterocycles. The molecular formula is C40H61FN4O13S. The number of sulfonamides is 1. The molecule has 17 nitrogen and oxygen atoms in total. The highest BCUT2D eigenvalue weighted by atomic mass is 32.2. The smallest absolute Gasteiger partial charge is 0.329 e. The third kappa shape index (κ3) is 25.7. The number of unbranched alkanes of at least 4 members (excludes halogenated alkanes) is 12. The van der Waals surface area contributed by atoms with E-state index in [1.54, 1.807) is 0 Å². The molecule has 1 heterocycles. The van der Waals surface area contributed by atoms with Gasteiger partial charge in [-0.25, -0.2) is 32.3 Å². The number of amides is 1. The topological polar surface area (TPSA) is 239 Å². The minimum Gasteiger partial charge on any atom is -0.491 e. The fourth-order valence-corrected chi connectivity index (χ4v) is 6.48. The number of hydrogen-bond donors (Lipinski definition) is 4. The summed E-state index contributed by atoms with van der Waals surface area (Å²) in [5, 5.41) is 19.7. The fraction of sp³-hybridized carbons (Fsp3) is 0.650. The van der Waals surface area contributed by atoms with Crippen LogP contribution >= 0.6 is 0 Å². The van der Waals surface area contributed by atoms with Gasteiger partial charge in [-0.3, -0.25) is 14.4 Å². The number of halogens is 1. The lowest BCUT2D eigenvalue weighted by Gasteiger charge is -2.10. The Morgan fingerprint density at radius 3 is 1.78 bits per heavy atom. The number of carbonyl (C=O) groups is 4. The third-order valence-corrected chi connectivity index (χ3v) is 9.98. The van der Waals surface area contributed by atoms with E-state index < -0.39 is 33.7 Å². The van der Waals surface area contributed by atoms with Crippen molar-refractivity contribution in [2.75, 3.05) is 70.7 Å². The van der Waals surface area contributed by atoms with Gasteiger partial charge in [0.15, 0.2) is 17.3 Å². The Labute approximate surface area is 346 Å². The highest BCUT2D eigenvalue weighted by Crippen LogP contribution is 2.23. The van der Waals surface area contributed by atoms with Crippen LogP contribution in [0.25, 0.3) is 0 Å². The molecule has 0 fully saturated rings. The monoisotopic (exact) mass is 856 g/mol. The molecule has 332 valence electrons. The molecule has 0 bridgehead atoms. The fourth-order valence-electron chi connectivity index (χ4n) is 5.52. The predicted molar refractivity (Wildman–Crippen MR) is 214 cm³/mol. The molecule has 19 heteroatoms. The van der Waals surface area contributed by atoms with Crippen LogP contribution < -0.4 is 14.8 Å². The maximum Gasteiger partial charge on any atom is 0.329 e. The van der Waals surface area contributed by atoms with Gasteiger partial charge in [-0.05, 0) is 37.5 Å². The average Bonchev–Trinajstić information content (AvgIpc) is 3.20. The number of benzene rings is 1. The second-order valence-electron chi connectivity index (χ2n) is 13.7. The summed E-state index contributed by atoms with van der Waals surface area (Å²) < 4.78 is 69.0. The largest absolute Gasteiger partial charge is 0.491 e. The molecule has 0 aliphatic carbocycles. The molecular weight excluding hydrogens is 796 g/mol. The number of ketones is 1. The van der Waals surface area contributed by atoms with Crippen molar-refractivity contribution >= 4 is 39.6 Å². The summed E-state index contributed by atoms with van der Waals surface area (Å²) in [5.74, 6) is -3.55. The van der Waals surface area contributed by atoms with Gasteiger partial charge >= 0.3 is 11.9 Å². The van der Waals surface area contributed by atoms with E-state index in [1.165, 1.54) is 44.2 Å². The van der Waals surface area contributed by atoms with Gasteiger partial charge in [0, 0.05) is 38.4 Å². The summed E-state index contributed by atoms with van der Waals surface area (Å²) >= 11 is 0. The Kier molecular flexibility index (Phi) is 27.2. The van der Waals surface area contributed by atoms with Gasteiger partial charge in [-0.15, -0.1) is 0 Å². The Bertz CT molecular complexity index is 1620. The van der Waals surface area contributed by atoms with Gasteiger partial charge in [0.05, 0.1) is 50.1 Å². The Hall–Kier alpha value is -4.30. The second kappa shape index (κ2) is 31.6. The van der Waals surface area contributed by atoms with Gasteiger partial charge < -0.3 is 39.2 Å². The highest BCUT2D eigenvalue weighted by molar-refractivity contribution is 7.92. The first-order chi connectivity index (χ1) is 28.5. The molecule has 1 aromatic heterocycles. The minimum absolute atomic E-state index is 0.0425. The van der Waals surface area contributed by atoms with Crippen molar-refractivity contribution in [3.8, 4) is 5.75 Å². The average molecular weight is 857 g/mol. The zero-order valence-electron chi connectivity index (χ0n) is 33.8. The van der Waals surface area contributed by atoms with Gasteiger partial charge in [0.2, 0.25) is 5.95 Å². The first kappa shape index (κ1) is 50.8. The standard InChI is InChI=1S/C40H61FN4O13S/c41-35-27-34(17-18-36(35)58-21-13-11-9-7-5-3-1-2-4-6-8-10-12-16-37(47)48)59(52,53)45-40-43-28-32(29-44-40)39(51)42-19-22-55-24-25-56-30-33(46)15-14-20-54-23-26-57-31-38(49)50/h17-18,27-29H,1-16,19-26,30-31H2,(H,42,51)(H,47,48)(H,49,50)(H,43,44,45). The molecule has 4 N–H and O–H groups in total. The van der Waals surface area contributed by atoms with Crippen molar-refractivity contribution in [2.45, 2.75) is 108 Å². The normalized spacial score (nSPS) is 11.3. The first-order valence-electron chi connectivity index (χ1n) is 20.3. The van der Waals surface area contributed by atoms with E-state index in [0.29, 0.717) is 19.6 Å². The third-order valence-electron chi connectivity index (χ3n) is 8.65. The number of carboxylic acid groups (broad SMARTS) is 2. The van der Waals surface area contributed by atoms with Crippen LogP contribution in [0.5, 0.6) is 5.75 Å². The molecule has 0 spiro atoms. The number of anilines is 1. The summed E-state index contributed by atoms with van der Waals surface area (Å²) in [6.07, 6.45) is 17.2. The van der Waals surface area contributed by atoms with Crippen LogP contribution in [0.2, 0.25) is 0 Å². The summed E-state index contributed by atoms with van der Waals surface area (Å²) in [5.41, 5.74) is 0.0743. The van der Waals surface area contributed by atoms with Gasteiger partial charge in [-0.1, -0.05) is 70.6 Å². The zero-order chi connectivity index (χ0) is 43.0. The predicted octanol–water partition coefficient (Wildman–Crippen LogP) is 5.57. The van der Waals surface area contributed by atoms with E-state index in [-0.39, 0.29) is 93.6 Å². The Morgan fingerprint density at radius 2 is 1.19 bits per heavy atom. The molecule has 0 aliphatic rings. The van der Waals surface area contributed by atoms with Crippen molar-refractivity contribution in [2.24, 2.45) is 0 Å². The molecule has 0 saturated carbocycles. The number of nitrogens with zero attached hydrogens (tertiary/aromatic N) is 2. The zero-order valence-corrected chi connectivity index (χ0v) is 34.7. The van der Waals surface area contributed by atoms with Crippen molar-refractivity contribution in [3.63, 3.8) is 0 Å². The molecule has 2 aromatic rings. The van der Waals surface area contributed by atoms with E-state index in [4.69, 9.17) is 33.9 Å². The van der Waals surface area contributed by atoms with Crippen LogP contribution in [0.4, 0.5) is 10.3 Å². The number of carbonyl (C=O) groups excluding carboxylic acids is 2. The quantitative estimate of drug-likeness (QED) is 0.0604. The molecule has 2 rings (SSSR count). The SMILES string of the molecule is O=C(O)CCCCCCCCCCCCCCCOc1ccc(S(=O)(=O)Nc2ncc(C(=O)NCCOCCOCC(=O)CCCOCCOCC(=O)O)cn2)cc1F. The van der Waals surface area contributed by atoms with Crippen LogP contribution in [0, 0.1) is 5.82 Å². The van der Waals surface area contributed by atoms with E-state index in [1.807, 2.05) is 0 Å². The van der Waals surface area contributed by atoms with E-state index in [2.05, 4.69) is 20.0 Å². The Balaban J connectivity index is 1.52. The lowest BCUT2D eigenvalue weighted by molar-refractivity contribution is -0.143. The van der Waals surface area contributed by atoms with Crippen LogP contribution in [0.3, 0.4) is 0 Å². The molecule has 59 heavy (non-hydrogen) atoms. The van der Waals surface area contributed by atoms with Crippen molar-refractivity contribution in [1.29, 1.82) is 0 Å². The Morgan fingerprint density at radius 1 is 0.627 bits per heavy atom. The van der Waals surface area contributed by atoms with Gasteiger partial charge in [0.25, 0.3) is 15.9 Å². The number of nitrogens with one attached hydrogen (secondary N) is 2. The first-order valence-corrected chi connectivity index (χ1v) is 21.8. The van der Waals surface area contributed by atoms with E-state index >= 15 is 0 Å². The van der Waals surface area contributed by atoms with Crippen LogP contribution in [-0.4, -0.2) is 118 Å². The van der Waals surface area contributed by atoms with Crippen molar-refractivity contribution in [1.82, 2.24) is 15.3 Å². The number of carboxylic acids is 2. The molecule has 0 unspecified atom stereocenters. The maximum absolute atomic E-state index is 14.7. The minimum atomic E-state index is -4.24. The van der Waals surface area contributed by atoms with Crippen LogP contribution in [-0.2, 0) is 43.4 Å². The van der Waals surface area contributed by atoms with Crippen LogP contribution in [0.15, 0.2) is 35.5 Å². The lowest BCUT2D eigenvalue weighted by atomic mass is 10.0. The highest BCUT2D eigenvalue weighted by Gasteiger charge is 2.19. The van der Waals surface area contributed by atoms with Gasteiger partial charge in [-0.2, -0.15) is 0 Å². The summed E-state index contributed by atoms with van der Waals surface area (Å²) in [4.78, 5) is 52.6. The number of aliphatic carboxylic acids is 2. The summed E-state index contributed by atoms with van der Waals surface area (Å²) in [6, 6.07) is 3.35. The second-order valence-corrected chi connectivity index (χ2v) is 15.4. The number of Topliss-reactive ketones (excluding diaryl/α,β-unsaturated/α-hetero) is 1. The summed E-state index contributed by atoms with van der Waals surface area (Å²) in [7, 11) is -4.24. The number of hydrogen-bond acceptors (Lipinski definition) is 13.